The quantitative estimate of drug-likeness (QED) is 0.617. The summed E-state index contributed by atoms with van der Waals surface area (Å²) in [5.74, 6) is -0.653. The number of ether oxygens (including phenoxy) is 1. The summed E-state index contributed by atoms with van der Waals surface area (Å²) >= 11 is 0. The van der Waals surface area contributed by atoms with E-state index < -0.39 is 28.3 Å². The number of methoxy groups -OCH3 is 1. The van der Waals surface area contributed by atoms with Crippen LogP contribution in [-0.4, -0.2) is 39.6 Å². The Hall–Kier alpha value is -2.13. The van der Waals surface area contributed by atoms with E-state index in [1.165, 1.54) is 7.11 Å². The predicted octanol–water partition coefficient (Wildman–Crippen LogP) is 0.847. The van der Waals surface area contributed by atoms with Crippen molar-refractivity contribution in [2.75, 3.05) is 7.11 Å². The summed E-state index contributed by atoms with van der Waals surface area (Å²) < 4.78 is 32.9. The molecular weight excluding hydrogens is 346 g/mol. The number of hydrogen-bond donors (Lipinski definition) is 3. The van der Waals surface area contributed by atoms with Gasteiger partial charge < -0.3 is 10.1 Å². The SMILES string of the molecule is COC(=O)[C@H](Cc1ccccc1)NC(=O)NS(=O)(=O)NC1CCCC1. The van der Waals surface area contributed by atoms with Gasteiger partial charge in [0.25, 0.3) is 0 Å². The highest BCUT2D eigenvalue weighted by atomic mass is 32.2. The van der Waals surface area contributed by atoms with Gasteiger partial charge in [0.1, 0.15) is 6.04 Å². The molecule has 25 heavy (non-hydrogen) atoms. The van der Waals surface area contributed by atoms with Crippen molar-refractivity contribution in [3.05, 3.63) is 35.9 Å². The lowest BCUT2D eigenvalue weighted by atomic mass is 10.1. The number of rotatable bonds is 7. The molecule has 2 amide bonds. The Morgan fingerprint density at radius 2 is 1.84 bits per heavy atom. The molecule has 0 unspecified atom stereocenters. The van der Waals surface area contributed by atoms with Crippen molar-refractivity contribution in [3.63, 3.8) is 0 Å². The molecule has 0 aromatic heterocycles. The average molecular weight is 369 g/mol. The highest BCUT2D eigenvalue weighted by molar-refractivity contribution is 7.88. The first kappa shape index (κ1) is 19.2. The monoisotopic (exact) mass is 369 g/mol. The van der Waals surface area contributed by atoms with Crippen molar-refractivity contribution < 1.29 is 22.7 Å². The van der Waals surface area contributed by atoms with E-state index in [1.807, 2.05) is 10.8 Å². The minimum Gasteiger partial charge on any atom is -0.467 e. The minimum absolute atomic E-state index is 0.161. The molecule has 9 heteroatoms. The number of amides is 2. The summed E-state index contributed by atoms with van der Waals surface area (Å²) in [6.07, 6.45) is 3.61. The van der Waals surface area contributed by atoms with Crippen LogP contribution in [0.15, 0.2) is 30.3 Å². The highest BCUT2D eigenvalue weighted by Crippen LogP contribution is 2.18. The molecule has 1 atom stereocenters. The van der Waals surface area contributed by atoms with E-state index in [9.17, 15) is 18.0 Å². The lowest BCUT2D eigenvalue weighted by Crippen LogP contribution is -2.52. The Bertz CT molecular complexity index is 687. The van der Waals surface area contributed by atoms with Crippen molar-refractivity contribution in [2.24, 2.45) is 0 Å². The van der Waals surface area contributed by atoms with Gasteiger partial charge in [-0.1, -0.05) is 43.2 Å². The van der Waals surface area contributed by atoms with E-state index >= 15 is 0 Å². The number of benzene rings is 1. The van der Waals surface area contributed by atoms with Crippen LogP contribution in [0.3, 0.4) is 0 Å². The van der Waals surface area contributed by atoms with Crippen LogP contribution in [0.1, 0.15) is 31.2 Å². The van der Waals surface area contributed by atoms with Gasteiger partial charge in [0, 0.05) is 12.5 Å². The molecule has 1 fully saturated rings. The van der Waals surface area contributed by atoms with Crippen LogP contribution in [0.2, 0.25) is 0 Å². The first-order valence-electron chi connectivity index (χ1n) is 8.12. The lowest BCUT2D eigenvalue weighted by molar-refractivity contribution is -0.142. The first-order valence-corrected chi connectivity index (χ1v) is 9.60. The fraction of sp³-hybridized carbons (Fsp3) is 0.500. The van der Waals surface area contributed by atoms with Gasteiger partial charge in [0.05, 0.1) is 7.11 Å². The van der Waals surface area contributed by atoms with Crippen molar-refractivity contribution in [1.82, 2.24) is 14.8 Å². The number of carbonyl (C=O) groups excluding carboxylic acids is 2. The lowest BCUT2D eigenvalue weighted by Gasteiger charge is -2.18. The Balaban J connectivity index is 1.95. The number of nitrogens with one attached hydrogen (secondary N) is 3. The third-order valence-corrected chi connectivity index (χ3v) is 5.08. The third kappa shape index (κ3) is 6.35. The zero-order valence-electron chi connectivity index (χ0n) is 14.0. The average Bonchev–Trinajstić information content (AvgIpc) is 3.06. The molecule has 1 aliphatic carbocycles. The summed E-state index contributed by atoms with van der Waals surface area (Å²) in [5.41, 5.74) is 0.810. The van der Waals surface area contributed by atoms with Crippen LogP contribution in [0.4, 0.5) is 4.79 Å². The van der Waals surface area contributed by atoms with Crippen LogP contribution in [0.25, 0.3) is 0 Å². The molecule has 1 saturated carbocycles. The van der Waals surface area contributed by atoms with Crippen molar-refractivity contribution in [1.29, 1.82) is 0 Å². The maximum atomic E-state index is 12.0. The Kier molecular flexibility index (Phi) is 6.77. The van der Waals surface area contributed by atoms with Gasteiger partial charge >= 0.3 is 22.2 Å². The van der Waals surface area contributed by atoms with Crippen LogP contribution in [-0.2, 0) is 26.2 Å². The number of carbonyl (C=O) groups is 2. The summed E-state index contributed by atoms with van der Waals surface area (Å²) in [5, 5.41) is 2.35. The molecule has 2 rings (SSSR count). The zero-order valence-corrected chi connectivity index (χ0v) is 14.8. The molecule has 1 aromatic carbocycles. The van der Waals surface area contributed by atoms with Crippen LogP contribution >= 0.6 is 0 Å². The van der Waals surface area contributed by atoms with Crippen molar-refractivity contribution in [3.8, 4) is 0 Å². The highest BCUT2D eigenvalue weighted by Gasteiger charge is 2.26. The Labute approximate surface area is 147 Å². The summed E-state index contributed by atoms with van der Waals surface area (Å²) in [6, 6.07) is 6.91. The molecule has 0 spiro atoms. The predicted molar refractivity (Wildman–Crippen MR) is 91.9 cm³/mol. The van der Waals surface area contributed by atoms with Gasteiger partial charge in [-0.3, -0.25) is 0 Å². The van der Waals surface area contributed by atoms with E-state index in [1.54, 1.807) is 24.3 Å². The fourth-order valence-electron chi connectivity index (χ4n) is 2.79. The standard InChI is InChI=1S/C16H23N3O5S/c1-24-15(20)14(11-12-7-3-2-4-8-12)17-16(21)19-25(22,23)18-13-9-5-6-10-13/h2-4,7-8,13-14,18H,5-6,9-11H2,1H3,(H2,17,19,21)/t14-/m0/s1. The van der Waals surface area contributed by atoms with E-state index in [-0.39, 0.29) is 12.5 Å². The van der Waals surface area contributed by atoms with Gasteiger partial charge in [-0.15, -0.1) is 0 Å². The topological polar surface area (TPSA) is 114 Å². The van der Waals surface area contributed by atoms with Crippen LogP contribution < -0.4 is 14.8 Å². The maximum Gasteiger partial charge on any atom is 0.330 e. The molecular formula is C16H23N3O5S. The molecule has 0 heterocycles. The molecule has 138 valence electrons. The van der Waals surface area contributed by atoms with Gasteiger partial charge in [0.15, 0.2) is 0 Å². The normalized spacial score (nSPS) is 16.2. The molecule has 0 bridgehead atoms. The second-order valence-electron chi connectivity index (χ2n) is 5.94. The second-order valence-corrected chi connectivity index (χ2v) is 7.39. The molecule has 1 aliphatic rings. The van der Waals surface area contributed by atoms with Gasteiger partial charge in [-0.05, 0) is 18.4 Å². The molecule has 0 radical (unpaired) electrons. The van der Waals surface area contributed by atoms with E-state index in [4.69, 9.17) is 0 Å². The fourth-order valence-corrected chi connectivity index (χ4v) is 3.82. The number of hydrogen-bond acceptors (Lipinski definition) is 5. The molecule has 0 aliphatic heterocycles. The third-order valence-electron chi connectivity index (χ3n) is 3.98. The molecule has 3 N–H and O–H groups in total. The van der Waals surface area contributed by atoms with Gasteiger partial charge in [-0.2, -0.15) is 13.1 Å². The summed E-state index contributed by atoms with van der Waals surface area (Å²) in [4.78, 5) is 23.9. The second kappa shape index (κ2) is 8.82. The Morgan fingerprint density at radius 3 is 2.44 bits per heavy atom. The Morgan fingerprint density at radius 1 is 1.20 bits per heavy atom. The summed E-state index contributed by atoms with van der Waals surface area (Å²) in [7, 11) is -2.77. The van der Waals surface area contributed by atoms with Crippen LogP contribution in [0, 0.1) is 0 Å². The first-order chi connectivity index (χ1) is 11.9. The molecule has 0 saturated heterocycles. The number of esters is 1. The zero-order chi connectivity index (χ0) is 18.3. The van der Waals surface area contributed by atoms with E-state index in [2.05, 4.69) is 14.8 Å². The minimum atomic E-state index is -3.98. The molecule has 8 nitrogen and oxygen atoms in total. The van der Waals surface area contributed by atoms with E-state index in [0.29, 0.717) is 0 Å². The van der Waals surface area contributed by atoms with Crippen molar-refractivity contribution in [2.45, 2.75) is 44.2 Å². The largest absolute Gasteiger partial charge is 0.467 e. The maximum absolute atomic E-state index is 12.0. The number of urea groups is 1. The summed E-state index contributed by atoms with van der Waals surface area (Å²) in [6.45, 7) is 0. The van der Waals surface area contributed by atoms with Gasteiger partial charge in [0.2, 0.25) is 0 Å². The van der Waals surface area contributed by atoms with Crippen molar-refractivity contribution >= 4 is 22.2 Å². The van der Waals surface area contributed by atoms with E-state index in [0.717, 1.165) is 31.2 Å². The van der Waals surface area contributed by atoms with Crippen LogP contribution in [0.5, 0.6) is 0 Å². The molecule has 1 aromatic rings. The smallest absolute Gasteiger partial charge is 0.330 e. The van der Waals surface area contributed by atoms with Gasteiger partial charge in [-0.25, -0.2) is 14.3 Å².